The number of ether oxygens (including phenoxy) is 1. The van der Waals surface area contributed by atoms with Crippen LogP contribution in [0.2, 0.25) is 0 Å². The summed E-state index contributed by atoms with van der Waals surface area (Å²) in [6, 6.07) is 4.57. The summed E-state index contributed by atoms with van der Waals surface area (Å²) in [5.74, 6) is -1.46. The van der Waals surface area contributed by atoms with Crippen molar-refractivity contribution in [3.8, 4) is 5.75 Å². The zero-order valence-corrected chi connectivity index (χ0v) is 8.84. The predicted octanol–water partition coefficient (Wildman–Crippen LogP) is 2.21. The summed E-state index contributed by atoms with van der Waals surface area (Å²) in [7, 11) is 0. The minimum Gasteiger partial charge on any atom is -0.423 e. The summed E-state index contributed by atoms with van der Waals surface area (Å²) in [6.45, 7) is 0. The summed E-state index contributed by atoms with van der Waals surface area (Å²) in [6.07, 6.45) is -3.78. The first-order valence-electron chi connectivity index (χ1n) is 3.67. The molecule has 0 radical (unpaired) electrons. The Balaban J connectivity index is 2.46. The van der Waals surface area contributed by atoms with Crippen molar-refractivity contribution < 1.29 is 18.3 Å². The van der Waals surface area contributed by atoms with Crippen LogP contribution in [0, 0.1) is 3.57 Å². The fourth-order valence-electron chi connectivity index (χ4n) is 1.07. The van der Waals surface area contributed by atoms with Gasteiger partial charge in [0.2, 0.25) is 0 Å². The molecule has 0 aromatic heterocycles. The molecule has 0 fully saturated rings. The number of carbonyl (C=O) groups excluding carboxylic acids is 1. The topological polar surface area (TPSA) is 38.3 Å². The quantitative estimate of drug-likeness (QED) is 0.746. The van der Waals surface area contributed by atoms with E-state index in [1.165, 1.54) is 6.07 Å². The molecular weight excluding hydrogens is 307 g/mol. The molecule has 0 atom stereocenters. The van der Waals surface area contributed by atoms with Crippen LogP contribution in [0.5, 0.6) is 5.75 Å². The number of fused-ring (bicyclic) bond motifs is 1. The second-order valence-electron chi connectivity index (χ2n) is 2.71. The Hall–Kier alpha value is -0.920. The third-order valence-electron chi connectivity index (χ3n) is 1.69. The minimum atomic E-state index is -3.78. The average molecular weight is 311 g/mol. The van der Waals surface area contributed by atoms with Gasteiger partial charge in [-0.25, -0.2) is 0 Å². The number of rotatable bonds is 0. The molecule has 1 aromatic rings. The maximum atomic E-state index is 12.7. The molecule has 1 aliphatic heterocycles. The molecule has 14 heavy (non-hydrogen) atoms. The van der Waals surface area contributed by atoms with Gasteiger partial charge in [0.15, 0.2) is 5.75 Å². The molecule has 0 aliphatic carbocycles. The van der Waals surface area contributed by atoms with E-state index in [0.717, 1.165) is 3.57 Å². The monoisotopic (exact) mass is 311 g/mol. The molecule has 2 rings (SSSR count). The van der Waals surface area contributed by atoms with Crippen LogP contribution in [0.4, 0.5) is 14.5 Å². The summed E-state index contributed by atoms with van der Waals surface area (Å²) in [4.78, 5) is 10.8. The first-order chi connectivity index (χ1) is 6.49. The van der Waals surface area contributed by atoms with Crippen molar-refractivity contribution in [1.82, 2.24) is 0 Å². The van der Waals surface area contributed by atoms with Crippen molar-refractivity contribution in [3.05, 3.63) is 21.8 Å². The highest BCUT2D eigenvalue weighted by molar-refractivity contribution is 14.1. The number of hydrogen-bond acceptors (Lipinski definition) is 2. The smallest absolute Gasteiger partial charge is 0.423 e. The Morgan fingerprint density at radius 1 is 1.43 bits per heavy atom. The Labute approximate surface area is 91.6 Å². The van der Waals surface area contributed by atoms with Crippen LogP contribution < -0.4 is 10.1 Å². The van der Waals surface area contributed by atoms with Gasteiger partial charge in [-0.1, -0.05) is 0 Å². The molecule has 1 aromatic carbocycles. The number of benzene rings is 1. The van der Waals surface area contributed by atoms with E-state index in [4.69, 9.17) is 0 Å². The number of alkyl halides is 2. The van der Waals surface area contributed by atoms with Crippen LogP contribution in [0.25, 0.3) is 0 Å². The first-order valence-corrected chi connectivity index (χ1v) is 4.75. The van der Waals surface area contributed by atoms with E-state index in [-0.39, 0.29) is 11.4 Å². The number of nitrogens with one attached hydrogen (secondary N) is 1. The molecule has 0 saturated carbocycles. The molecule has 0 bridgehead atoms. The van der Waals surface area contributed by atoms with E-state index in [2.05, 4.69) is 10.1 Å². The number of carbonyl (C=O) groups is 1. The second-order valence-corrected chi connectivity index (χ2v) is 3.96. The molecule has 74 valence electrons. The normalized spacial score (nSPS) is 18.1. The molecule has 6 heteroatoms. The van der Waals surface area contributed by atoms with Crippen LogP contribution in [0.3, 0.4) is 0 Å². The Morgan fingerprint density at radius 2 is 2.14 bits per heavy atom. The third-order valence-corrected chi connectivity index (χ3v) is 2.36. The van der Waals surface area contributed by atoms with E-state index in [1.54, 1.807) is 12.1 Å². The van der Waals surface area contributed by atoms with Crippen LogP contribution in [0.15, 0.2) is 18.2 Å². The number of hydrogen-bond donors (Lipinski definition) is 1. The molecule has 3 nitrogen and oxygen atoms in total. The largest absolute Gasteiger partial charge is 0.482 e. The van der Waals surface area contributed by atoms with Gasteiger partial charge >= 0.3 is 12.0 Å². The van der Waals surface area contributed by atoms with Crippen molar-refractivity contribution in [1.29, 1.82) is 0 Å². The summed E-state index contributed by atoms with van der Waals surface area (Å²) >= 11 is 2.01. The first kappa shape index (κ1) is 9.63. The fourth-order valence-corrected chi connectivity index (χ4v) is 1.56. The van der Waals surface area contributed by atoms with Crippen molar-refractivity contribution in [3.63, 3.8) is 0 Å². The zero-order chi connectivity index (χ0) is 10.3. The van der Waals surface area contributed by atoms with E-state index >= 15 is 0 Å². The lowest BCUT2D eigenvalue weighted by Crippen LogP contribution is -2.43. The van der Waals surface area contributed by atoms with Crippen LogP contribution in [-0.4, -0.2) is 12.0 Å². The van der Waals surface area contributed by atoms with Gasteiger partial charge in [-0.3, -0.25) is 4.79 Å². The molecule has 0 spiro atoms. The Morgan fingerprint density at radius 3 is 2.86 bits per heavy atom. The average Bonchev–Trinajstić information content (AvgIpc) is 2.08. The van der Waals surface area contributed by atoms with Gasteiger partial charge in [0.25, 0.3) is 0 Å². The van der Waals surface area contributed by atoms with Gasteiger partial charge in [-0.2, -0.15) is 8.78 Å². The summed E-state index contributed by atoms with van der Waals surface area (Å²) in [5, 5.41) is 2.07. The Kier molecular flexibility index (Phi) is 2.09. The van der Waals surface area contributed by atoms with Crippen molar-refractivity contribution in [2.75, 3.05) is 5.32 Å². The molecular formula is C8H4F2INO2. The molecule has 1 N–H and O–H groups in total. The van der Waals surface area contributed by atoms with Crippen LogP contribution in [-0.2, 0) is 4.79 Å². The Bertz CT molecular complexity index is 408. The third kappa shape index (κ3) is 1.54. The van der Waals surface area contributed by atoms with Gasteiger partial charge in [0, 0.05) is 3.57 Å². The van der Waals surface area contributed by atoms with Gasteiger partial charge in [-0.15, -0.1) is 0 Å². The van der Waals surface area contributed by atoms with Crippen LogP contribution in [0.1, 0.15) is 0 Å². The highest BCUT2D eigenvalue weighted by atomic mass is 127. The molecule has 1 aliphatic rings. The number of halogens is 3. The van der Waals surface area contributed by atoms with E-state index in [1.807, 2.05) is 22.6 Å². The SMILES string of the molecule is O=C1Nc2cc(I)ccc2OC1(F)F. The van der Waals surface area contributed by atoms with Gasteiger partial charge in [-0.05, 0) is 40.8 Å². The molecule has 1 amide bonds. The van der Waals surface area contributed by atoms with E-state index in [9.17, 15) is 13.6 Å². The standard InChI is InChI=1S/C8H4F2INO2/c9-8(10)7(13)12-5-3-4(11)1-2-6(5)14-8/h1-3H,(H,12,13). The van der Waals surface area contributed by atoms with Crippen molar-refractivity contribution in [2.45, 2.75) is 6.11 Å². The lowest BCUT2D eigenvalue weighted by Gasteiger charge is -2.24. The number of amides is 1. The second kappa shape index (κ2) is 3.04. The maximum Gasteiger partial charge on any atom is 0.482 e. The summed E-state index contributed by atoms with van der Waals surface area (Å²) in [5.41, 5.74) is 0.271. The van der Waals surface area contributed by atoms with Crippen molar-refractivity contribution in [2.24, 2.45) is 0 Å². The zero-order valence-electron chi connectivity index (χ0n) is 6.68. The summed E-state index contributed by atoms with van der Waals surface area (Å²) < 4.78 is 30.5. The van der Waals surface area contributed by atoms with E-state index in [0.29, 0.717) is 0 Å². The molecule has 1 heterocycles. The minimum absolute atomic E-state index is 0.0185. The van der Waals surface area contributed by atoms with Gasteiger partial charge in [0.1, 0.15) is 0 Å². The predicted molar refractivity (Wildman–Crippen MR) is 53.4 cm³/mol. The highest BCUT2D eigenvalue weighted by Crippen LogP contribution is 2.35. The molecule has 0 unspecified atom stereocenters. The van der Waals surface area contributed by atoms with E-state index < -0.39 is 12.0 Å². The molecule has 0 saturated heterocycles. The number of anilines is 1. The fraction of sp³-hybridized carbons (Fsp3) is 0.125. The lowest BCUT2D eigenvalue weighted by atomic mass is 10.2. The van der Waals surface area contributed by atoms with Crippen molar-refractivity contribution >= 4 is 34.2 Å². The van der Waals surface area contributed by atoms with Crippen LogP contribution >= 0.6 is 22.6 Å². The lowest BCUT2D eigenvalue weighted by molar-refractivity contribution is -0.189. The highest BCUT2D eigenvalue weighted by Gasteiger charge is 2.46. The van der Waals surface area contributed by atoms with Gasteiger partial charge < -0.3 is 10.1 Å². The van der Waals surface area contributed by atoms with Gasteiger partial charge in [0.05, 0.1) is 5.69 Å². The maximum absolute atomic E-state index is 12.7.